The number of ether oxygens (including phenoxy) is 1. The molecule has 1 fully saturated rings. The van der Waals surface area contributed by atoms with E-state index in [4.69, 9.17) is 4.74 Å². The van der Waals surface area contributed by atoms with Gasteiger partial charge in [0.25, 0.3) is 0 Å². The van der Waals surface area contributed by atoms with Crippen LogP contribution in [0.25, 0.3) is 0 Å². The van der Waals surface area contributed by atoms with Crippen molar-refractivity contribution in [3.63, 3.8) is 0 Å². The first-order valence-corrected chi connectivity index (χ1v) is 6.76. The molecule has 1 aromatic heterocycles. The number of hydrogen-bond donors (Lipinski definition) is 1. The molecule has 0 aliphatic carbocycles. The summed E-state index contributed by atoms with van der Waals surface area (Å²) in [6.07, 6.45) is 4.65. The molecule has 1 N–H and O–H groups in total. The predicted molar refractivity (Wildman–Crippen MR) is 69.4 cm³/mol. The van der Waals surface area contributed by atoms with Gasteiger partial charge in [0.15, 0.2) is 0 Å². The van der Waals surface area contributed by atoms with Crippen LogP contribution in [0.2, 0.25) is 0 Å². The van der Waals surface area contributed by atoms with Crippen LogP contribution in [-0.4, -0.2) is 42.4 Å². The van der Waals surface area contributed by atoms with Crippen molar-refractivity contribution in [3.8, 4) is 0 Å². The molecular weight excluding hydrogens is 228 g/mol. The fraction of sp³-hybridized carbons (Fsp3) is 0.692. The lowest BCUT2D eigenvalue weighted by molar-refractivity contribution is -0.872. The van der Waals surface area contributed by atoms with E-state index in [1.165, 1.54) is 10.6 Å². The summed E-state index contributed by atoms with van der Waals surface area (Å²) in [5.74, 6) is 1.15. The van der Waals surface area contributed by atoms with E-state index in [-0.39, 0.29) is 0 Å². The van der Waals surface area contributed by atoms with Crippen LogP contribution < -0.4 is 9.80 Å². The monoisotopic (exact) mass is 250 g/mol. The zero-order valence-electron chi connectivity index (χ0n) is 11.1. The number of imidazole rings is 1. The Kier molecular flexibility index (Phi) is 3.26. The van der Waals surface area contributed by atoms with Crippen molar-refractivity contribution in [2.24, 2.45) is 0 Å². The zero-order chi connectivity index (χ0) is 12.5. The Bertz CT molecular complexity index is 409. The summed E-state index contributed by atoms with van der Waals surface area (Å²) >= 11 is 0. The molecule has 0 amide bonds. The van der Waals surface area contributed by atoms with E-state index >= 15 is 0 Å². The molecule has 0 aromatic carbocycles. The van der Waals surface area contributed by atoms with Crippen LogP contribution >= 0.6 is 0 Å². The second kappa shape index (κ2) is 4.90. The van der Waals surface area contributed by atoms with Gasteiger partial charge in [0.05, 0.1) is 37.6 Å². The van der Waals surface area contributed by atoms with Gasteiger partial charge in [-0.1, -0.05) is 0 Å². The van der Waals surface area contributed by atoms with Crippen molar-refractivity contribution in [3.05, 3.63) is 18.9 Å². The Morgan fingerprint density at radius 2 is 2.17 bits per heavy atom. The van der Waals surface area contributed by atoms with Gasteiger partial charge in [-0.15, -0.1) is 0 Å². The van der Waals surface area contributed by atoms with Gasteiger partial charge < -0.3 is 19.1 Å². The molecule has 1 unspecified atom stereocenters. The summed E-state index contributed by atoms with van der Waals surface area (Å²) in [5.41, 5.74) is 1.31. The minimum Gasteiger partial charge on any atom is -0.461 e. The maximum Gasteiger partial charge on any atom is 0.206 e. The standard InChI is InChI=1S/C13H22N4O/c1-15-7-8-17-11(10-15)9-14-13(17)16-5-3-12(18-2)4-6-16/h9,12,15H,1,3-8,10H2,2H3. The highest BCUT2D eigenvalue weighted by atomic mass is 16.5. The van der Waals surface area contributed by atoms with Crippen LogP contribution in [0.15, 0.2) is 6.20 Å². The number of rotatable bonds is 2. The average molecular weight is 250 g/mol. The number of anilines is 1. The van der Waals surface area contributed by atoms with Crippen LogP contribution in [0, 0.1) is 7.05 Å². The topological polar surface area (TPSA) is 34.7 Å². The van der Waals surface area contributed by atoms with Crippen LogP contribution in [-0.2, 0) is 17.8 Å². The van der Waals surface area contributed by atoms with E-state index in [0.717, 1.165) is 51.5 Å². The molecule has 5 heteroatoms. The summed E-state index contributed by atoms with van der Waals surface area (Å²) in [6.45, 7) is 5.21. The summed E-state index contributed by atoms with van der Waals surface area (Å²) in [7, 11) is 5.89. The molecule has 1 aromatic rings. The van der Waals surface area contributed by atoms with Crippen molar-refractivity contribution >= 4 is 5.95 Å². The molecule has 0 bridgehead atoms. The minimum atomic E-state index is 0.428. The van der Waals surface area contributed by atoms with Gasteiger partial charge in [-0.3, -0.25) is 0 Å². The molecule has 0 radical (unpaired) electrons. The highest BCUT2D eigenvalue weighted by Crippen LogP contribution is 2.21. The molecular formula is C13H22N4O. The van der Waals surface area contributed by atoms with Crippen molar-refractivity contribution in [1.82, 2.24) is 9.55 Å². The Morgan fingerprint density at radius 1 is 1.39 bits per heavy atom. The molecule has 1 atom stereocenters. The first-order valence-electron chi connectivity index (χ1n) is 6.76. The summed E-state index contributed by atoms with van der Waals surface area (Å²) < 4.78 is 7.78. The quantitative estimate of drug-likeness (QED) is 0.731. The zero-order valence-corrected chi connectivity index (χ0v) is 11.1. The summed E-state index contributed by atoms with van der Waals surface area (Å²) in [6, 6.07) is 0. The predicted octanol–water partition coefficient (Wildman–Crippen LogP) is -0.312. The fourth-order valence-corrected chi connectivity index (χ4v) is 2.94. The Balaban J connectivity index is 1.74. The third-order valence-electron chi connectivity index (χ3n) is 4.10. The Hall–Kier alpha value is -1.07. The van der Waals surface area contributed by atoms with Crippen LogP contribution in [0.5, 0.6) is 0 Å². The SMILES string of the molecule is [CH2-][NH+]1CCn2c(cnc2N2CCC(OC)CC2)C1. The molecule has 3 rings (SSSR count). The fourth-order valence-electron chi connectivity index (χ4n) is 2.94. The van der Waals surface area contributed by atoms with E-state index in [1.54, 1.807) is 0 Å². The normalized spacial score (nSPS) is 25.2. The second-order valence-corrected chi connectivity index (χ2v) is 5.30. The Labute approximate surface area is 108 Å². The number of aromatic nitrogens is 2. The van der Waals surface area contributed by atoms with Crippen LogP contribution in [0.4, 0.5) is 5.95 Å². The molecule has 0 spiro atoms. The van der Waals surface area contributed by atoms with E-state index in [2.05, 4.69) is 21.5 Å². The van der Waals surface area contributed by atoms with Crippen molar-refractivity contribution in [1.29, 1.82) is 0 Å². The lowest BCUT2D eigenvalue weighted by Gasteiger charge is -2.34. The molecule has 2 aliphatic heterocycles. The van der Waals surface area contributed by atoms with Gasteiger partial charge in [0.1, 0.15) is 0 Å². The van der Waals surface area contributed by atoms with Crippen molar-refractivity contribution in [2.75, 3.05) is 31.6 Å². The molecule has 18 heavy (non-hydrogen) atoms. The maximum absolute atomic E-state index is 5.42. The molecule has 100 valence electrons. The third-order valence-corrected chi connectivity index (χ3v) is 4.10. The number of quaternary nitrogens is 1. The number of hydrogen-bond acceptors (Lipinski definition) is 3. The average Bonchev–Trinajstić information content (AvgIpc) is 2.81. The number of nitrogens with one attached hydrogen (secondary N) is 1. The van der Waals surface area contributed by atoms with E-state index in [9.17, 15) is 0 Å². The smallest absolute Gasteiger partial charge is 0.206 e. The first-order chi connectivity index (χ1) is 8.78. The Morgan fingerprint density at radius 3 is 2.89 bits per heavy atom. The van der Waals surface area contributed by atoms with Gasteiger partial charge in [0, 0.05) is 20.2 Å². The van der Waals surface area contributed by atoms with Crippen molar-refractivity contribution in [2.45, 2.75) is 32.0 Å². The highest BCUT2D eigenvalue weighted by molar-refractivity contribution is 5.34. The van der Waals surface area contributed by atoms with E-state index in [0.29, 0.717) is 6.10 Å². The summed E-state index contributed by atoms with van der Waals surface area (Å²) in [5, 5.41) is 0. The molecule has 2 aliphatic rings. The third kappa shape index (κ3) is 2.12. The molecule has 5 nitrogen and oxygen atoms in total. The number of piperidine rings is 1. The lowest BCUT2D eigenvalue weighted by atomic mass is 10.1. The number of fused-ring (bicyclic) bond motifs is 1. The lowest BCUT2D eigenvalue weighted by Crippen LogP contribution is -3.06. The first kappa shape index (κ1) is 12.0. The van der Waals surface area contributed by atoms with Gasteiger partial charge >= 0.3 is 0 Å². The van der Waals surface area contributed by atoms with Crippen LogP contribution in [0.3, 0.4) is 0 Å². The molecule has 0 saturated carbocycles. The number of nitrogens with zero attached hydrogens (tertiary/aromatic N) is 3. The van der Waals surface area contributed by atoms with Gasteiger partial charge in [-0.05, 0) is 12.8 Å². The molecule has 1 saturated heterocycles. The van der Waals surface area contributed by atoms with Gasteiger partial charge in [-0.25, -0.2) is 4.98 Å². The second-order valence-electron chi connectivity index (χ2n) is 5.30. The molecule has 3 heterocycles. The largest absolute Gasteiger partial charge is 0.461 e. The van der Waals surface area contributed by atoms with Gasteiger partial charge in [-0.2, -0.15) is 7.05 Å². The minimum absolute atomic E-state index is 0.428. The van der Waals surface area contributed by atoms with E-state index < -0.39 is 0 Å². The van der Waals surface area contributed by atoms with Gasteiger partial charge in [0.2, 0.25) is 5.95 Å². The summed E-state index contributed by atoms with van der Waals surface area (Å²) in [4.78, 5) is 8.34. The van der Waals surface area contributed by atoms with Crippen molar-refractivity contribution < 1.29 is 9.64 Å². The maximum atomic E-state index is 5.42. The highest BCUT2D eigenvalue weighted by Gasteiger charge is 2.25. The van der Waals surface area contributed by atoms with E-state index in [1.807, 2.05) is 13.3 Å². The van der Waals surface area contributed by atoms with Crippen LogP contribution in [0.1, 0.15) is 18.5 Å². The number of methoxy groups -OCH3 is 1.